The van der Waals surface area contributed by atoms with Crippen molar-refractivity contribution in [2.24, 2.45) is 0 Å². The Bertz CT molecular complexity index is 1010. The van der Waals surface area contributed by atoms with Gasteiger partial charge in [0.25, 0.3) is 0 Å². The molecule has 0 radical (unpaired) electrons. The number of hydrogen-bond acceptors (Lipinski definition) is 6. The molecular weight excluding hydrogens is 373 g/mol. The molecular formula is C22H24FN3O3. The molecule has 2 aromatic carbocycles. The van der Waals surface area contributed by atoms with Gasteiger partial charge in [0.05, 0.1) is 11.4 Å². The van der Waals surface area contributed by atoms with Crippen molar-refractivity contribution >= 4 is 22.8 Å². The van der Waals surface area contributed by atoms with E-state index in [1.165, 1.54) is 19.1 Å². The zero-order chi connectivity index (χ0) is 20.7. The number of aryl methyl sites for hydroxylation is 1. The van der Waals surface area contributed by atoms with E-state index in [4.69, 9.17) is 4.74 Å². The van der Waals surface area contributed by atoms with Crippen molar-refractivity contribution in [3.8, 4) is 17.2 Å². The lowest BCUT2D eigenvalue weighted by Crippen LogP contribution is -2.44. The van der Waals surface area contributed by atoms with Gasteiger partial charge in [-0.05, 0) is 44.5 Å². The van der Waals surface area contributed by atoms with Crippen LogP contribution in [0.5, 0.6) is 17.2 Å². The summed E-state index contributed by atoms with van der Waals surface area (Å²) in [5.74, 6) is 0.456. The molecule has 0 aromatic heterocycles. The molecule has 29 heavy (non-hydrogen) atoms. The van der Waals surface area contributed by atoms with Gasteiger partial charge >= 0.3 is 0 Å². The number of aromatic hydroxyl groups is 1. The molecule has 0 unspecified atom stereocenters. The maximum Gasteiger partial charge on any atom is 0.178 e. The zero-order valence-corrected chi connectivity index (χ0v) is 16.8. The number of benzene rings is 2. The van der Waals surface area contributed by atoms with E-state index in [1.807, 2.05) is 16.7 Å². The number of nitrogens with one attached hydrogen (secondary N) is 1. The minimum atomic E-state index is -0.348. The minimum absolute atomic E-state index is 0.0521. The van der Waals surface area contributed by atoms with Crippen LogP contribution in [-0.4, -0.2) is 37.1 Å². The van der Waals surface area contributed by atoms with E-state index in [0.29, 0.717) is 52.8 Å². The molecule has 2 aliphatic rings. The molecule has 2 aliphatic heterocycles. The average molecular weight is 397 g/mol. The third-order valence-electron chi connectivity index (χ3n) is 5.34. The number of allylic oxidation sites excluding steroid dienone is 1. The molecule has 4 rings (SSSR count). The van der Waals surface area contributed by atoms with Gasteiger partial charge in [-0.3, -0.25) is 4.79 Å². The highest BCUT2D eigenvalue weighted by Gasteiger charge is 2.32. The molecule has 1 saturated heterocycles. The van der Waals surface area contributed by atoms with Gasteiger partial charge in [0.2, 0.25) is 0 Å². The van der Waals surface area contributed by atoms with Gasteiger partial charge in [0.1, 0.15) is 11.4 Å². The van der Waals surface area contributed by atoms with Gasteiger partial charge in [-0.2, -0.15) is 0 Å². The van der Waals surface area contributed by atoms with Crippen molar-refractivity contribution in [2.45, 2.75) is 20.8 Å². The number of halogens is 1. The Hall–Kier alpha value is -3.06. The van der Waals surface area contributed by atoms with E-state index in [1.54, 1.807) is 25.3 Å². The molecule has 0 aliphatic carbocycles. The van der Waals surface area contributed by atoms with Crippen molar-refractivity contribution in [1.29, 1.82) is 0 Å². The Balaban J connectivity index is 1.96. The number of carbonyl (C=O) groups is 1. The van der Waals surface area contributed by atoms with Crippen LogP contribution in [0.25, 0.3) is 0 Å². The molecule has 2 aromatic rings. The summed E-state index contributed by atoms with van der Waals surface area (Å²) >= 11 is 0. The fraction of sp³-hybridized carbons (Fsp3) is 0.318. The average Bonchev–Trinajstić information content (AvgIpc) is 2.67. The van der Waals surface area contributed by atoms with Gasteiger partial charge in [-0.1, -0.05) is 0 Å². The summed E-state index contributed by atoms with van der Waals surface area (Å²) in [6.07, 6.45) is 1.74. The number of piperazine rings is 1. The predicted molar refractivity (Wildman–Crippen MR) is 111 cm³/mol. The van der Waals surface area contributed by atoms with E-state index < -0.39 is 0 Å². The van der Waals surface area contributed by atoms with E-state index in [0.717, 1.165) is 13.1 Å². The Morgan fingerprint density at radius 2 is 1.93 bits per heavy atom. The number of carbonyl (C=O) groups excluding carboxylic acids is 1. The van der Waals surface area contributed by atoms with Crippen LogP contribution in [0.2, 0.25) is 0 Å². The number of rotatable bonds is 3. The summed E-state index contributed by atoms with van der Waals surface area (Å²) in [5, 5.41) is 13.2. The quantitative estimate of drug-likeness (QED) is 0.764. The summed E-state index contributed by atoms with van der Waals surface area (Å²) in [6, 6.07) is 6.30. The van der Waals surface area contributed by atoms with Crippen LogP contribution in [0.15, 0.2) is 36.0 Å². The fourth-order valence-corrected chi connectivity index (χ4v) is 3.74. The highest BCUT2D eigenvalue weighted by Crippen LogP contribution is 2.54. The molecule has 2 heterocycles. The molecule has 2 N–H and O–H groups in total. The number of anilines is 3. The Morgan fingerprint density at radius 3 is 2.62 bits per heavy atom. The lowest BCUT2D eigenvalue weighted by atomic mass is 10.0. The number of fused-ring (bicyclic) bond motifs is 2. The molecule has 0 atom stereocenters. The number of Topliss-reactive ketones (excluding diaryl/α,β-unsaturated/α-hetero) is 1. The maximum absolute atomic E-state index is 15.1. The van der Waals surface area contributed by atoms with E-state index in [2.05, 4.69) is 5.32 Å². The highest BCUT2D eigenvalue weighted by molar-refractivity contribution is 5.95. The molecule has 1 fully saturated rings. The van der Waals surface area contributed by atoms with Crippen LogP contribution < -0.4 is 19.9 Å². The largest absolute Gasteiger partial charge is 0.508 e. The Morgan fingerprint density at radius 1 is 1.21 bits per heavy atom. The van der Waals surface area contributed by atoms with Crippen molar-refractivity contribution in [1.82, 2.24) is 5.32 Å². The second kappa shape index (κ2) is 7.40. The normalized spacial score (nSPS) is 16.2. The zero-order valence-electron chi connectivity index (χ0n) is 16.8. The lowest BCUT2D eigenvalue weighted by molar-refractivity contribution is -0.113. The van der Waals surface area contributed by atoms with Gasteiger partial charge < -0.3 is 25.0 Å². The molecule has 0 bridgehead atoms. The summed E-state index contributed by atoms with van der Waals surface area (Å²) in [5.41, 5.74) is 3.03. The second-order valence-electron chi connectivity index (χ2n) is 7.43. The highest BCUT2D eigenvalue weighted by atomic mass is 19.1. The number of phenolic OH excluding ortho intramolecular Hbond substituents is 1. The smallest absolute Gasteiger partial charge is 0.178 e. The first-order chi connectivity index (χ1) is 13.9. The third kappa shape index (κ3) is 3.42. The topological polar surface area (TPSA) is 65.0 Å². The van der Waals surface area contributed by atoms with Crippen LogP contribution >= 0.6 is 0 Å². The number of phenols is 1. The van der Waals surface area contributed by atoms with Gasteiger partial charge in [-0.25, -0.2) is 4.39 Å². The van der Waals surface area contributed by atoms with Crippen LogP contribution in [0, 0.1) is 12.7 Å². The Kier molecular flexibility index (Phi) is 4.92. The fourth-order valence-electron chi connectivity index (χ4n) is 3.74. The number of nitrogens with zero attached hydrogens (tertiary/aromatic N) is 2. The number of hydrogen-bond donors (Lipinski definition) is 2. The van der Waals surface area contributed by atoms with Gasteiger partial charge in [0, 0.05) is 44.0 Å². The molecule has 0 spiro atoms. The van der Waals surface area contributed by atoms with Crippen LogP contribution in [0.3, 0.4) is 0 Å². The van der Waals surface area contributed by atoms with Crippen LogP contribution in [-0.2, 0) is 4.79 Å². The molecule has 0 saturated carbocycles. The molecule has 152 valence electrons. The third-order valence-corrected chi connectivity index (χ3v) is 5.34. The monoisotopic (exact) mass is 397 g/mol. The minimum Gasteiger partial charge on any atom is -0.508 e. The Labute approximate surface area is 169 Å². The van der Waals surface area contributed by atoms with Gasteiger partial charge in [-0.15, -0.1) is 0 Å². The summed E-state index contributed by atoms with van der Waals surface area (Å²) in [4.78, 5) is 15.7. The number of ether oxygens (including phenoxy) is 1. The first-order valence-electron chi connectivity index (χ1n) is 9.65. The standard InChI is InChI=1S/C22H24FN3O3/c1-13-10-17(23)21(25-8-6-24-7-9-25)22-20(13)26(12-14(2)15(3)27)18-5-4-16(28)11-19(18)29-22/h4-5,10-12,24,28H,6-9H2,1-3H3/b14-12-. The molecule has 7 heteroatoms. The van der Waals surface area contributed by atoms with Crippen molar-refractivity contribution in [3.05, 3.63) is 47.4 Å². The van der Waals surface area contributed by atoms with Crippen LogP contribution in [0.1, 0.15) is 19.4 Å². The van der Waals surface area contributed by atoms with Crippen molar-refractivity contribution < 1.29 is 19.0 Å². The maximum atomic E-state index is 15.1. The SMILES string of the molecule is CC(=O)/C(C)=C\N1c2ccc(O)cc2Oc2c(N3CCNCC3)c(F)cc(C)c21. The van der Waals surface area contributed by atoms with E-state index in [9.17, 15) is 9.90 Å². The van der Waals surface area contributed by atoms with Crippen molar-refractivity contribution in [3.63, 3.8) is 0 Å². The predicted octanol–water partition coefficient (Wildman–Crippen LogP) is 3.99. The van der Waals surface area contributed by atoms with Crippen molar-refractivity contribution in [2.75, 3.05) is 36.0 Å². The summed E-state index contributed by atoms with van der Waals surface area (Å²) < 4.78 is 21.3. The molecule has 6 nitrogen and oxygen atoms in total. The first-order valence-corrected chi connectivity index (χ1v) is 9.65. The van der Waals surface area contributed by atoms with E-state index in [-0.39, 0.29) is 17.3 Å². The molecule has 0 amide bonds. The summed E-state index contributed by atoms with van der Waals surface area (Å²) in [7, 11) is 0. The van der Waals surface area contributed by atoms with E-state index >= 15 is 4.39 Å². The van der Waals surface area contributed by atoms with Gasteiger partial charge in [0.15, 0.2) is 23.1 Å². The van der Waals surface area contributed by atoms with Crippen LogP contribution in [0.4, 0.5) is 21.5 Å². The number of ketones is 1. The first kappa shape index (κ1) is 19.3. The second-order valence-corrected chi connectivity index (χ2v) is 7.43. The summed E-state index contributed by atoms with van der Waals surface area (Å²) in [6.45, 7) is 7.90. The lowest BCUT2D eigenvalue weighted by Gasteiger charge is -2.37.